The summed E-state index contributed by atoms with van der Waals surface area (Å²) in [4.78, 5) is 47.3. The van der Waals surface area contributed by atoms with Gasteiger partial charge in [-0.2, -0.15) is 0 Å². The van der Waals surface area contributed by atoms with Crippen molar-refractivity contribution in [2.24, 2.45) is 10.6 Å². The molecule has 1 aliphatic rings. The van der Waals surface area contributed by atoms with Crippen molar-refractivity contribution in [2.45, 2.75) is 13.8 Å². The van der Waals surface area contributed by atoms with Crippen LogP contribution in [0.4, 0.5) is 9.59 Å². The maximum Gasteiger partial charge on any atom is 0.412 e. The highest BCUT2D eigenvalue weighted by atomic mass is 16.6. The van der Waals surface area contributed by atoms with E-state index >= 15 is 0 Å². The van der Waals surface area contributed by atoms with Gasteiger partial charge < -0.3 is 9.47 Å². The van der Waals surface area contributed by atoms with Gasteiger partial charge >= 0.3 is 12.2 Å². The second kappa shape index (κ2) is 8.59. The summed E-state index contributed by atoms with van der Waals surface area (Å²) >= 11 is 0. The average Bonchev–Trinajstić information content (AvgIpc) is 2.48. The minimum absolute atomic E-state index is 0.132. The second-order valence-electron chi connectivity index (χ2n) is 4.22. The summed E-state index contributed by atoms with van der Waals surface area (Å²) in [6, 6.07) is 0. The Kier molecular flexibility index (Phi) is 6.79. The Labute approximate surface area is 126 Å². The minimum atomic E-state index is -0.727. The lowest BCUT2D eigenvalue weighted by atomic mass is 10.6. The summed E-state index contributed by atoms with van der Waals surface area (Å²) in [6.45, 7) is 2.47. The number of carbonyl (C=O) groups excluding carboxylic acids is 2. The second-order valence-corrected chi connectivity index (χ2v) is 4.22. The van der Waals surface area contributed by atoms with Gasteiger partial charge in [0.2, 0.25) is 0 Å². The summed E-state index contributed by atoms with van der Waals surface area (Å²) in [7, 11) is 0. The van der Waals surface area contributed by atoms with Crippen LogP contribution in [0.2, 0.25) is 0 Å². The van der Waals surface area contributed by atoms with Crippen molar-refractivity contribution < 1.29 is 19.1 Å². The normalized spacial score (nSPS) is 15.7. The molecule has 124 valence electrons. The van der Waals surface area contributed by atoms with Gasteiger partial charge in [-0.15, -0.1) is 9.81 Å². The Morgan fingerprint density at radius 3 is 1.36 bits per heavy atom. The van der Waals surface area contributed by atoms with Gasteiger partial charge in [-0.25, -0.2) is 19.6 Å². The quantitative estimate of drug-likeness (QED) is 0.694. The number of ether oxygens (including phenoxy) is 2. The van der Waals surface area contributed by atoms with E-state index in [1.165, 1.54) is 0 Å². The van der Waals surface area contributed by atoms with E-state index in [1.807, 2.05) is 0 Å². The van der Waals surface area contributed by atoms with Crippen molar-refractivity contribution in [3.05, 3.63) is 9.81 Å². The molecule has 0 aromatic heterocycles. The molecule has 0 spiro atoms. The zero-order valence-corrected chi connectivity index (χ0v) is 12.4. The molecule has 0 radical (unpaired) electrons. The van der Waals surface area contributed by atoms with Crippen molar-refractivity contribution >= 4 is 12.2 Å². The van der Waals surface area contributed by atoms with Gasteiger partial charge in [0, 0.05) is 0 Å². The van der Waals surface area contributed by atoms with Gasteiger partial charge in [0.1, 0.15) is 26.7 Å². The van der Waals surface area contributed by atoms with Gasteiger partial charge in [-0.3, -0.25) is 9.80 Å². The Balaban J connectivity index is 2.87. The molecule has 1 rings (SSSR count). The highest BCUT2D eigenvalue weighted by molar-refractivity contribution is 5.68. The fourth-order valence-corrected chi connectivity index (χ4v) is 1.73. The zero-order chi connectivity index (χ0) is 16.5. The first-order valence-electron chi connectivity index (χ1n) is 6.55. The zero-order valence-electron chi connectivity index (χ0n) is 12.4. The van der Waals surface area contributed by atoms with E-state index in [0.29, 0.717) is 0 Å². The molecule has 0 aliphatic carbocycles. The summed E-state index contributed by atoms with van der Waals surface area (Å²) in [5.41, 5.74) is 0. The number of amides is 2. The van der Waals surface area contributed by atoms with E-state index in [4.69, 9.17) is 9.47 Å². The molecule has 1 fully saturated rings. The molecular formula is C10H18N6O6. The smallest absolute Gasteiger partial charge is 0.412 e. The maximum atomic E-state index is 11.8. The molecule has 0 atom stereocenters. The molecule has 12 nitrogen and oxygen atoms in total. The van der Waals surface area contributed by atoms with Crippen LogP contribution in [-0.4, -0.2) is 71.9 Å². The topological polar surface area (TPSA) is 124 Å². The molecule has 0 aromatic carbocycles. The predicted molar refractivity (Wildman–Crippen MR) is 72.5 cm³/mol. The first-order valence-corrected chi connectivity index (χ1v) is 6.55. The third kappa shape index (κ3) is 4.71. The monoisotopic (exact) mass is 318 g/mol. The Morgan fingerprint density at radius 2 is 1.14 bits per heavy atom. The molecular weight excluding hydrogens is 300 g/mol. The Hall–Kier alpha value is -2.66. The molecule has 2 amide bonds. The minimum Gasteiger partial charge on any atom is -0.450 e. The number of carbonyl (C=O) groups is 2. The molecule has 0 N–H and O–H groups in total. The van der Waals surface area contributed by atoms with Crippen LogP contribution in [-0.2, 0) is 9.47 Å². The summed E-state index contributed by atoms with van der Waals surface area (Å²) < 4.78 is 9.63. The van der Waals surface area contributed by atoms with Crippen LogP contribution in [0.1, 0.15) is 13.8 Å². The van der Waals surface area contributed by atoms with Crippen LogP contribution in [0.25, 0.3) is 0 Å². The van der Waals surface area contributed by atoms with E-state index in [1.54, 1.807) is 13.8 Å². The predicted octanol–water partition coefficient (Wildman–Crippen LogP) is 0.714. The first-order chi connectivity index (χ1) is 10.5. The van der Waals surface area contributed by atoms with Crippen LogP contribution < -0.4 is 0 Å². The van der Waals surface area contributed by atoms with Crippen molar-refractivity contribution in [1.29, 1.82) is 0 Å². The average molecular weight is 318 g/mol. The van der Waals surface area contributed by atoms with E-state index < -0.39 is 12.2 Å². The van der Waals surface area contributed by atoms with Crippen LogP contribution in [0.3, 0.4) is 0 Å². The van der Waals surface area contributed by atoms with Gasteiger partial charge in [0.25, 0.3) is 0 Å². The van der Waals surface area contributed by atoms with Crippen LogP contribution in [0.5, 0.6) is 0 Å². The number of hydrogen-bond acceptors (Lipinski definition) is 8. The number of nitroso groups, excluding NO2 is 2. The van der Waals surface area contributed by atoms with Crippen LogP contribution >= 0.6 is 0 Å². The Morgan fingerprint density at radius 1 is 0.818 bits per heavy atom. The fourth-order valence-electron chi connectivity index (χ4n) is 1.73. The van der Waals surface area contributed by atoms with Gasteiger partial charge in [0.05, 0.1) is 23.8 Å². The van der Waals surface area contributed by atoms with Crippen molar-refractivity contribution in [1.82, 2.24) is 19.8 Å². The molecule has 1 saturated heterocycles. The molecule has 22 heavy (non-hydrogen) atoms. The largest absolute Gasteiger partial charge is 0.450 e. The van der Waals surface area contributed by atoms with Gasteiger partial charge in [-0.1, -0.05) is 0 Å². The lowest BCUT2D eigenvalue weighted by Crippen LogP contribution is -2.54. The molecule has 0 saturated carbocycles. The van der Waals surface area contributed by atoms with E-state index in [2.05, 4.69) is 10.6 Å². The van der Waals surface area contributed by atoms with Gasteiger partial charge in [0.15, 0.2) is 0 Å². The number of hydrogen-bond donors (Lipinski definition) is 0. The van der Waals surface area contributed by atoms with E-state index in [9.17, 15) is 19.4 Å². The van der Waals surface area contributed by atoms with Crippen molar-refractivity contribution in [3.8, 4) is 0 Å². The van der Waals surface area contributed by atoms with E-state index in [-0.39, 0.29) is 39.9 Å². The first kappa shape index (κ1) is 17.4. The lowest BCUT2D eigenvalue weighted by molar-refractivity contribution is -0.0250. The third-order valence-electron chi connectivity index (χ3n) is 2.62. The highest BCUT2D eigenvalue weighted by Gasteiger charge is 2.29. The summed E-state index contributed by atoms with van der Waals surface area (Å²) in [5, 5.41) is 7.34. The molecule has 0 bridgehead atoms. The molecule has 0 aromatic rings. The highest BCUT2D eigenvalue weighted by Crippen LogP contribution is 2.10. The number of rotatable bonds is 4. The number of nitrogens with zero attached hydrogens (tertiary/aromatic N) is 6. The molecule has 0 unspecified atom stereocenters. The van der Waals surface area contributed by atoms with Crippen molar-refractivity contribution in [2.75, 3.05) is 39.9 Å². The van der Waals surface area contributed by atoms with Gasteiger partial charge in [-0.05, 0) is 13.8 Å². The summed E-state index contributed by atoms with van der Waals surface area (Å²) in [6.07, 6.45) is -1.45. The SMILES string of the molecule is CCOC(=O)N1CN(N=O)CN(C(=O)OCC)CN(N=O)C1. The molecule has 1 aliphatic heterocycles. The van der Waals surface area contributed by atoms with E-state index in [0.717, 1.165) is 19.8 Å². The fraction of sp³-hybridized carbons (Fsp3) is 0.800. The Bertz CT molecular complexity index is 371. The van der Waals surface area contributed by atoms with Crippen LogP contribution in [0, 0.1) is 9.81 Å². The maximum absolute atomic E-state index is 11.8. The van der Waals surface area contributed by atoms with Crippen molar-refractivity contribution in [3.63, 3.8) is 0 Å². The third-order valence-corrected chi connectivity index (χ3v) is 2.62. The molecule has 1 heterocycles. The molecule has 12 heteroatoms. The van der Waals surface area contributed by atoms with Crippen LogP contribution in [0.15, 0.2) is 10.6 Å². The standard InChI is InChI=1S/C10H18N6O6/c1-3-21-9(17)13-5-15(11-19)7-14(10(18)22-4-2)8-16(6-13)12-20/h3-8H2,1-2H3. The summed E-state index contributed by atoms with van der Waals surface area (Å²) in [5.74, 6) is 0. The lowest BCUT2D eigenvalue weighted by Gasteiger charge is -2.36.